The van der Waals surface area contributed by atoms with E-state index in [1.165, 1.54) is 0 Å². The van der Waals surface area contributed by atoms with Gasteiger partial charge < -0.3 is 22.5 Å². The predicted molar refractivity (Wildman–Crippen MR) is 87.6 cm³/mol. The molecule has 7 N–H and O–H groups in total. The van der Waals surface area contributed by atoms with Crippen molar-refractivity contribution in [2.75, 3.05) is 11.1 Å². The topological polar surface area (TPSA) is 124 Å². The Morgan fingerprint density at radius 3 is 2.29 bits per heavy atom. The predicted octanol–water partition coefficient (Wildman–Crippen LogP) is 2.30. The van der Waals surface area contributed by atoms with E-state index in [4.69, 9.17) is 17.2 Å². The molecule has 0 saturated carbocycles. The maximum absolute atomic E-state index is 11.6. The number of nitrogen functional groups attached to an aromatic ring is 1. The van der Waals surface area contributed by atoms with Gasteiger partial charge in [-0.25, -0.2) is 0 Å². The monoisotopic (exact) mass is 312 g/mol. The highest BCUT2D eigenvalue weighted by Crippen LogP contribution is 2.36. The van der Waals surface area contributed by atoms with Gasteiger partial charge in [0.05, 0.1) is 11.3 Å². The number of thiophene rings is 1. The van der Waals surface area contributed by atoms with Crippen LogP contribution in [0.5, 0.6) is 0 Å². The number of hydrogen-bond acceptors (Lipinski definition) is 5. The van der Waals surface area contributed by atoms with Crippen molar-refractivity contribution in [2.45, 2.75) is 52.0 Å². The number of amides is 2. The first kappa shape index (κ1) is 17.3. The summed E-state index contributed by atoms with van der Waals surface area (Å²) < 4.78 is 0. The Morgan fingerprint density at radius 2 is 1.81 bits per heavy atom. The molecule has 1 atom stereocenters. The molecule has 0 spiro atoms. The third-order valence-electron chi connectivity index (χ3n) is 3.29. The second kappa shape index (κ2) is 7.87. The molecule has 1 unspecified atom stereocenters. The smallest absolute Gasteiger partial charge is 0.260 e. The average molecular weight is 312 g/mol. The molecule has 0 bridgehead atoms. The number of anilines is 2. The Kier molecular flexibility index (Phi) is 6.48. The SMILES string of the molecule is CCCCC(CCC)Nc1sc(C(N)=O)c(N)c1C(N)=O. The van der Waals surface area contributed by atoms with E-state index in [0.717, 1.165) is 43.4 Å². The highest BCUT2D eigenvalue weighted by molar-refractivity contribution is 7.19. The fourth-order valence-electron chi connectivity index (χ4n) is 2.25. The quantitative estimate of drug-likeness (QED) is 0.558. The van der Waals surface area contributed by atoms with Crippen molar-refractivity contribution in [3.63, 3.8) is 0 Å². The Bertz CT molecular complexity index is 513. The number of unbranched alkanes of at least 4 members (excludes halogenated alkanes) is 1. The minimum atomic E-state index is -0.649. The van der Waals surface area contributed by atoms with E-state index in [9.17, 15) is 9.59 Å². The Balaban J connectivity index is 3.06. The fourth-order valence-corrected chi connectivity index (χ4v) is 3.30. The number of primary amides is 2. The maximum atomic E-state index is 11.6. The number of rotatable bonds is 9. The fraction of sp³-hybridized carbons (Fsp3) is 0.571. The maximum Gasteiger partial charge on any atom is 0.260 e. The lowest BCUT2D eigenvalue weighted by molar-refractivity contribution is 0.0999. The van der Waals surface area contributed by atoms with Crippen LogP contribution in [-0.2, 0) is 0 Å². The Morgan fingerprint density at radius 1 is 1.14 bits per heavy atom. The van der Waals surface area contributed by atoms with Crippen LogP contribution in [0.1, 0.15) is 66.0 Å². The van der Waals surface area contributed by atoms with Crippen molar-refractivity contribution >= 4 is 33.8 Å². The molecule has 0 radical (unpaired) electrons. The molecule has 1 heterocycles. The van der Waals surface area contributed by atoms with E-state index in [1.807, 2.05) is 0 Å². The molecule has 118 valence electrons. The molecule has 0 aliphatic rings. The van der Waals surface area contributed by atoms with E-state index in [1.54, 1.807) is 0 Å². The third kappa shape index (κ3) is 4.35. The van der Waals surface area contributed by atoms with Crippen LogP contribution in [0.3, 0.4) is 0 Å². The second-order valence-corrected chi connectivity index (χ2v) is 6.07. The third-order valence-corrected chi connectivity index (χ3v) is 4.45. The van der Waals surface area contributed by atoms with E-state index >= 15 is 0 Å². The van der Waals surface area contributed by atoms with Gasteiger partial charge in [0.25, 0.3) is 11.8 Å². The van der Waals surface area contributed by atoms with Crippen LogP contribution >= 0.6 is 11.3 Å². The molecule has 6 nitrogen and oxygen atoms in total. The molecule has 0 fully saturated rings. The summed E-state index contributed by atoms with van der Waals surface area (Å²) >= 11 is 1.10. The lowest BCUT2D eigenvalue weighted by atomic mass is 10.1. The summed E-state index contributed by atoms with van der Waals surface area (Å²) in [5.74, 6) is -1.29. The van der Waals surface area contributed by atoms with Gasteiger partial charge in [0.1, 0.15) is 9.88 Å². The number of nitrogens with one attached hydrogen (secondary N) is 1. The molecule has 21 heavy (non-hydrogen) atoms. The Labute approximate surface area is 129 Å². The van der Waals surface area contributed by atoms with Gasteiger partial charge in [-0.1, -0.05) is 33.1 Å². The highest BCUT2D eigenvalue weighted by Gasteiger charge is 2.24. The summed E-state index contributed by atoms with van der Waals surface area (Å²) in [4.78, 5) is 23.1. The normalized spacial score (nSPS) is 12.1. The molecule has 1 aromatic rings. The zero-order valence-electron chi connectivity index (χ0n) is 12.6. The molecule has 0 aliphatic heterocycles. The van der Waals surface area contributed by atoms with Gasteiger partial charge in [0.15, 0.2) is 0 Å². The van der Waals surface area contributed by atoms with Crippen LogP contribution < -0.4 is 22.5 Å². The average Bonchev–Trinajstić information content (AvgIpc) is 2.73. The van der Waals surface area contributed by atoms with Gasteiger partial charge in [-0.05, 0) is 12.8 Å². The molecule has 0 aromatic carbocycles. The minimum Gasteiger partial charge on any atom is -0.397 e. The van der Waals surface area contributed by atoms with Crippen LogP contribution in [0.15, 0.2) is 0 Å². The van der Waals surface area contributed by atoms with Crippen LogP contribution in [0.2, 0.25) is 0 Å². The molecular formula is C14H24N4O2S. The van der Waals surface area contributed by atoms with E-state index in [-0.39, 0.29) is 22.2 Å². The standard InChI is InChI=1S/C14H24N4O2S/c1-3-5-7-8(6-4-2)18-14-9(12(16)19)10(15)11(21-14)13(17)20/h8,18H,3-7,15H2,1-2H3,(H2,16,19)(H2,17,20). The van der Waals surface area contributed by atoms with Crippen molar-refractivity contribution in [1.82, 2.24) is 0 Å². The van der Waals surface area contributed by atoms with Gasteiger partial charge in [-0.15, -0.1) is 11.3 Å². The number of nitrogens with two attached hydrogens (primary N) is 3. The summed E-state index contributed by atoms with van der Waals surface area (Å²) in [5, 5.41) is 3.86. The largest absolute Gasteiger partial charge is 0.397 e. The van der Waals surface area contributed by atoms with Crippen molar-refractivity contribution < 1.29 is 9.59 Å². The zero-order chi connectivity index (χ0) is 16.0. The lowest BCUT2D eigenvalue weighted by Gasteiger charge is -2.18. The summed E-state index contributed by atoms with van der Waals surface area (Å²) in [6, 6.07) is 0.229. The first-order chi connectivity index (χ1) is 9.92. The second-order valence-electron chi connectivity index (χ2n) is 5.05. The van der Waals surface area contributed by atoms with E-state index < -0.39 is 11.8 Å². The van der Waals surface area contributed by atoms with E-state index in [2.05, 4.69) is 19.2 Å². The van der Waals surface area contributed by atoms with Crippen molar-refractivity contribution in [3.05, 3.63) is 10.4 Å². The molecule has 0 aliphatic carbocycles. The highest BCUT2D eigenvalue weighted by atomic mass is 32.1. The molecule has 2 amide bonds. The van der Waals surface area contributed by atoms with Gasteiger partial charge >= 0.3 is 0 Å². The first-order valence-electron chi connectivity index (χ1n) is 7.20. The van der Waals surface area contributed by atoms with Crippen molar-refractivity contribution in [1.29, 1.82) is 0 Å². The van der Waals surface area contributed by atoms with Gasteiger partial charge in [0, 0.05) is 6.04 Å². The first-order valence-corrected chi connectivity index (χ1v) is 8.02. The number of hydrogen-bond donors (Lipinski definition) is 4. The van der Waals surface area contributed by atoms with Crippen molar-refractivity contribution in [2.24, 2.45) is 11.5 Å². The molecular weight excluding hydrogens is 288 g/mol. The molecule has 7 heteroatoms. The summed E-state index contributed by atoms with van der Waals surface area (Å²) in [7, 11) is 0. The molecule has 1 rings (SSSR count). The number of carbonyl (C=O) groups is 2. The van der Waals surface area contributed by atoms with Crippen LogP contribution in [0, 0.1) is 0 Å². The van der Waals surface area contributed by atoms with Gasteiger partial charge in [0.2, 0.25) is 0 Å². The van der Waals surface area contributed by atoms with Crippen LogP contribution in [-0.4, -0.2) is 17.9 Å². The van der Waals surface area contributed by atoms with Crippen LogP contribution in [0.25, 0.3) is 0 Å². The van der Waals surface area contributed by atoms with E-state index in [0.29, 0.717) is 5.00 Å². The molecule has 0 saturated heterocycles. The lowest BCUT2D eigenvalue weighted by Crippen LogP contribution is -2.21. The van der Waals surface area contributed by atoms with Crippen LogP contribution in [0.4, 0.5) is 10.7 Å². The summed E-state index contributed by atoms with van der Waals surface area (Å²) in [5.41, 5.74) is 16.7. The van der Waals surface area contributed by atoms with Gasteiger partial charge in [-0.2, -0.15) is 0 Å². The molecule has 1 aromatic heterocycles. The summed E-state index contributed by atoms with van der Waals surface area (Å²) in [6.45, 7) is 4.24. The Hall–Kier alpha value is -1.76. The summed E-state index contributed by atoms with van der Waals surface area (Å²) in [6.07, 6.45) is 5.18. The van der Waals surface area contributed by atoms with Crippen molar-refractivity contribution in [3.8, 4) is 0 Å². The number of carbonyl (C=O) groups excluding carboxylic acids is 2. The zero-order valence-corrected chi connectivity index (χ0v) is 13.4. The van der Waals surface area contributed by atoms with Gasteiger partial charge in [-0.3, -0.25) is 9.59 Å². The minimum absolute atomic E-state index is 0.0771.